The fourth-order valence-corrected chi connectivity index (χ4v) is 14.0. The van der Waals surface area contributed by atoms with Crippen molar-refractivity contribution < 1.29 is 42.3 Å². The van der Waals surface area contributed by atoms with Crippen molar-refractivity contribution >= 4 is 52.3 Å². The number of methoxy groups -OCH3 is 2. The molecule has 2 bridgehead atoms. The minimum absolute atomic E-state index is 0.0196. The van der Waals surface area contributed by atoms with E-state index in [0.717, 1.165) is 69.3 Å². The summed E-state index contributed by atoms with van der Waals surface area (Å²) >= 11 is 7.17. The second kappa shape index (κ2) is 22.9. The van der Waals surface area contributed by atoms with E-state index in [1.165, 1.54) is 18.2 Å². The molecule has 4 atom stereocenters. The Morgan fingerprint density at radius 3 is 1.99 bits per heavy atom. The first kappa shape index (κ1) is 52.5. The van der Waals surface area contributed by atoms with E-state index >= 15 is 0 Å². The van der Waals surface area contributed by atoms with Crippen molar-refractivity contribution in [3.8, 4) is 33.9 Å². The first-order valence-corrected chi connectivity index (χ1v) is 28.6. The number of amides is 2. The minimum Gasteiger partial charge on any atom is -0.497 e. The van der Waals surface area contributed by atoms with E-state index in [4.69, 9.17) is 35.6 Å². The summed E-state index contributed by atoms with van der Waals surface area (Å²) in [5, 5.41) is 2.91. The van der Waals surface area contributed by atoms with Gasteiger partial charge in [0.25, 0.3) is 5.91 Å². The Balaban J connectivity index is 0.813. The maximum Gasteiger partial charge on any atom is 0.408 e. The quantitative estimate of drug-likeness (QED) is 0.0209. The van der Waals surface area contributed by atoms with Gasteiger partial charge >= 0.3 is 12.1 Å². The molecule has 404 valence electrons. The summed E-state index contributed by atoms with van der Waals surface area (Å²) in [7, 11) is 3.19. The number of hydrogen-bond acceptors (Lipinski definition) is 10. The molecule has 3 aliphatic carbocycles. The number of nitrogens with zero attached hydrogens (tertiary/aromatic N) is 3. The second-order valence-corrected chi connectivity index (χ2v) is 22.7. The number of fused-ring (bicyclic) bond motifs is 5. The van der Waals surface area contributed by atoms with Crippen LogP contribution in [0.1, 0.15) is 77.2 Å². The maximum atomic E-state index is 14.6. The number of ether oxygens (including phenoxy) is 4. The fraction of sp³-hybridized carbons (Fsp3) is 0.258. The highest BCUT2D eigenvalue weighted by Crippen LogP contribution is 2.50. The zero-order chi connectivity index (χ0) is 54.7. The smallest absolute Gasteiger partial charge is 0.408 e. The van der Waals surface area contributed by atoms with Crippen LogP contribution >= 0.6 is 24.0 Å². The number of esters is 1. The highest BCUT2D eigenvalue weighted by molar-refractivity contribution is 8.26. The molecular weight excluding hydrogens is 1040 g/mol. The monoisotopic (exact) mass is 1100 g/mol. The van der Waals surface area contributed by atoms with Crippen molar-refractivity contribution in [2.45, 2.75) is 68.6 Å². The zero-order valence-electron chi connectivity index (χ0n) is 44.6. The first-order valence-electron chi connectivity index (χ1n) is 27.3. The van der Waals surface area contributed by atoms with Gasteiger partial charge in [-0.3, -0.25) is 9.69 Å². The number of furan rings is 1. The van der Waals surface area contributed by atoms with Crippen molar-refractivity contribution in [2.24, 2.45) is 11.8 Å². The molecule has 1 saturated heterocycles. The van der Waals surface area contributed by atoms with Gasteiger partial charge in [-0.05, 0) is 90.0 Å². The van der Waals surface area contributed by atoms with Crippen molar-refractivity contribution in [3.63, 3.8) is 0 Å². The molecule has 1 aliphatic heterocycles. The molecule has 2 amide bonds. The van der Waals surface area contributed by atoms with Crippen LogP contribution in [0.2, 0.25) is 0 Å². The second-order valence-electron chi connectivity index (χ2n) is 21.0. The number of hydrogen-bond donors (Lipinski definition) is 1. The van der Waals surface area contributed by atoms with Crippen LogP contribution < -0.4 is 19.4 Å². The van der Waals surface area contributed by atoms with Crippen LogP contribution in [-0.2, 0) is 37.6 Å². The third kappa shape index (κ3) is 10.2. The number of aromatic nitrogens is 2. The molecule has 12 nitrogen and oxygen atoms in total. The topological polar surface area (TPSA) is 125 Å². The van der Waals surface area contributed by atoms with Crippen LogP contribution in [0.5, 0.6) is 11.5 Å². The molecule has 6 aromatic carbocycles. The number of carbonyl (C=O) groups excluding carboxylic acids is 3. The number of benzene rings is 6. The standard InChI is InChI=1S/C66H60N4O8S2/c1-74-50-35-46(36-51(38-50)75-2)59-37-45(60(78-59)39-61-62(71)70(65(79)80-61)58-34-43-28-29-44(58)33-43)17-16-32-76-63(72)57(67-64(73)77-41-56-54-26-14-12-24-52(54)53-25-13-15-27-55(53)56)40-68-30-31-69(42-68)66(47-18-6-3-7-19-47,48-20-8-4-9-21-48)49-22-10-5-11-23-49/h3-15,18-27,30-31,35-39,42-44,56-58H,16-17,28-29,32-34,40-41H2,1-2H3/p+1/b61-39-/t43?,44?,57-,58?/m0/s1. The molecule has 0 radical (unpaired) electrons. The number of thiocarbonyl (C=S) groups is 1. The molecule has 12 rings (SSSR count). The Morgan fingerprint density at radius 2 is 1.40 bits per heavy atom. The number of imidazole rings is 1. The molecule has 80 heavy (non-hydrogen) atoms. The molecule has 8 aromatic rings. The number of carbonyl (C=O) groups is 3. The third-order valence-electron chi connectivity index (χ3n) is 16.4. The Bertz CT molecular complexity index is 3450. The van der Waals surface area contributed by atoms with Gasteiger partial charge in [0, 0.05) is 46.4 Å². The summed E-state index contributed by atoms with van der Waals surface area (Å²) in [5.74, 6) is 2.48. The van der Waals surface area contributed by atoms with Gasteiger partial charge in [-0.1, -0.05) is 170 Å². The summed E-state index contributed by atoms with van der Waals surface area (Å²) in [4.78, 5) is 45.2. The Kier molecular flexibility index (Phi) is 15.0. The average Bonchev–Trinajstić information content (AvgIpc) is 4.42. The van der Waals surface area contributed by atoms with E-state index in [9.17, 15) is 14.4 Å². The van der Waals surface area contributed by atoms with Crippen LogP contribution in [0.3, 0.4) is 0 Å². The molecule has 3 fully saturated rings. The maximum absolute atomic E-state index is 14.6. The molecule has 2 saturated carbocycles. The van der Waals surface area contributed by atoms with Gasteiger partial charge in [-0.2, -0.15) is 0 Å². The van der Waals surface area contributed by atoms with Crippen LogP contribution in [0.4, 0.5) is 4.79 Å². The van der Waals surface area contributed by atoms with E-state index in [0.29, 0.717) is 56.9 Å². The predicted octanol–water partition coefficient (Wildman–Crippen LogP) is 12.4. The normalized spacial score (nSPS) is 18.3. The van der Waals surface area contributed by atoms with Crippen LogP contribution in [0.25, 0.3) is 28.5 Å². The van der Waals surface area contributed by atoms with Gasteiger partial charge < -0.3 is 28.7 Å². The van der Waals surface area contributed by atoms with Crippen molar-refractivity contribution in [1.82, 2.24) is 14.8 Å². The van der Waals surface area contributed by atoms with E-state index < -0.39 is 23.6 Å². The van der Waals surface area contributed by atoms with Gasteiger partial charge in [0.05, 0.1) is 25.7 Å². The number of thioether (sulfide) groups is 1. The summed E-state index contributed by atoms with van der Waals surface area (Å²) < 4.78 is 34.6. The highest BCUT2D eigenvalue weighted by Gasteiger charge is 2.48. The SMILES string of the molecule is COc1cc(OC)cc(-c2cc(CCCOC(=O)[C@H](C[n+]3ccn(C(c4ccccc4)(c4ccccc4)c4ccccc4)c3)NC(=O)OCC3c4ccccc4-c4ccccc43)c(/C=C3\SC(=S)N(C4CC5CCC4C5)C3=O)o2)c1. The Hall–Kier alpha value is -8.20. The van der Waals surface area contributed by atoms with Crippen molar-refractivity contribution in [2.75, 3.05) is 27.4 Å². The van der Waals surface area contributed by atoms with Gasteiger partial charge in [0.1, 0.15) is 52.9 Å². The summed E-state index contributed by atoms with van der Waals surface area (Å²) in [6.07, 6.45) is 12.2. The summed E-state index contributed by atoms with van der Waals surface area (Å²) in [6.45, 7) is 0.123. The van der Waals surface area contributed by atoms with Crippen LogP contribution in [0.15, 0.2) is 192 Å². The summed E-state index contributed by atoms with van der Waals surface area (Å²) in [5.41, 5.74) is 8.22. The molecular formula is C66H61N4O8S2+. The van der Waals surface area contributed by atoms with Gasteiger partial charge in [-0.15, -0.1) is 0 Å². The van der Waals surface area contributed by atoms with Crippen LogP contribution in [0, 0.1) is 11.8 Å². The molecule has 2 aromatic heterocycles. The summed E-state index contributed by atoms with van der Waals surface area (Å²) in [6, 6.07) is 53.8. The highest BCUT2D eigenvalue weighted by atomic mass is 32.2. The molecule has 4 aliphatic rings. The van der Waals surface area contributed by atoms with E-state index in [1.807, 2.05) is 125 Å². The molecule has 14 heteroatoms. The van der Waals surface area contributed by atoms with Crippen molar-refractivity contribution in [1.29, 1.82) is 0 Å². The minimum atomic E-state index is -1.15. The zero-order valence-corrected chi connectivity index (χ0v) is 46.2. The molecule has 3 heterocycles. The van der Waals surface area contributed by atoms with Crippen LogP contribution in [-0.4, -0.2) is 71.3 Å². The van der Waals surface area contributed by atoms with Crippen molar-refractivity contribution in [3.05, 3.63) is 227 Å². The first-order chi connectivity index (χ1) is 39.2. The molecule has 1 N–H and O–H groups in total. The van der Waals surface area contributed by atoms with E-state index in [2.05, 4.69) is 70.5 Å². The molecule has 0 spiro atoms. The molecule has 3 unspecified atom stereocenters. The number of rotatable bonds is 19. The Labute approximate surface area is 475 Å². The number of nitrogens with one attached hydrogen (secondary N) is 1. The largest absolute Gasteiger partial charge is 0.497 e. The lowest BCUT2D eigenvalue weighted by atomic mass is 9.77. The number of aryl methyl sites for hydroxylation is 1. The van der Waals surface area contributed by atoms with E-state index in [1.54, 1.807) is 26.4 Å². The lowest BCUT2D eigenvalue weighted by Gasteiger charge is -2.32. The lowest BCUT2D eigenvalue weighted by molar-refractivity contribution is -0.697. The van der Waals surface area contributed by atoms with Gasteiger partial charge in [0.2, 0.25) is 6.33 Å². The predicted molar refractivity (Wildman–Crippen MR) is 312 cm³/mol. The lowest BCUT2D eigenvalue weighted by Crippen LogP contribution is -2.52. The fourth-order valence-electron chi connectivity index (χ4n) is 12.7. The third-order valence-corrected chi connectivity index (χ3v) is 17.7. The van der Waals surface area contributed by atoms with Gasteiger partial charge in [-0.25, -0.2) is 18.7 Å². The Morgan fingerprint density at radius 1 is 0.787 bits per heavy atom. The van der Waals surface area contributed by atoms with Gasteiger partial charge in [0.15, 0.2) is 11.6 Å². The van der Waals surface area contributed by atoms with E-state index in [-0.39, 0.29) is 37.6 Å². The number of alkyl carbamates (subject to hydrolysis) is 1. The average molecular weight is 1100 g/mol.